The van der Waals surface area contributed by atoms with Gasteiger partial charge in [0.15, 0.2) is 17.7 Å². The second-order valence-corrected chi connectivity index (χ2v) is 7.64. The van der Waals surface area contributed by atoms with Crippen LogP contribution in [0.15, 0.2) is 60.7 Å². The summed E-state index contributed by atoms with van der Waals surface area (Å²) in [4.78, 5) is 35.8. The van der Waals surface area contributed by atoms with Gasteiger partial charge in [-0.25, -0.2) is 14.0 Å². The summed E-state index contributed by atoms with van der Waals surface area (Å²) in [6.07, 6.45) is -2.99. The number of benzene rings is 2. The van der Waals surface area contributed by atoms with Crippen LogP contribution in [0.2, 0.25) is 0 Å². The highest BCUT2D eigenvalue weighted by Gasteiger charge is 2.49. The first-order valence-electron chi connectivity index (χ1n) is 8.90. The quantitative estimate of drug-likeness (QED) is 0.525. The number of hydrogen-bond donors (Lipinski definition) is 0. The molecule has 0 aliphatic carbocycles. The molecule has 2 aromatic rings. The smallest absolute Gasteiger partial charge is 0.338 e. The van der Waals surface area contributed by atoms with Crippen LogP contribution >= 0.6 is 11.8 Å². The summed E-state index contributed by atoms with van der Waals surface area (Å²) in [5.41, 5.74) is -0.538. The fourth-order valence-corrected chi connectivity index (χ4v) is 4.15. The Morgan fingerprint density at radius 2 is 1.45 bits per heavy atom. The molecule has 0 saturated carbocycles. The Labute approximate surface area is 171 Å². The number of halogens is 1. The Balaban J connectivity index is 1.70. The summed E-state index contributed by atoms with van der Waals surface area (Å²) >= 11 is 0.957. The molecule has 1 heterocycles. The number of carbonyl (C=O) groups excluding carboxylic acids is 3. The van der Waals surface area contributed by atoms with Crippen LogP contribution in [0.5, 0.6) is 0 Å². The van der Waals surface area contributed by atoms with Crippen LogP contribution in [0.25, 0.3) is 0 Å². The Morgan fingerprint density at radius 1 is 0.897 bits per heavy atom. The van der Waals surface area contributed by atoms with Crippen molar-refractivity contribution in [2.24, 2.45) is 0 Å². The lowest BCUT2D eigenvalue weighted by Crippen LogP contribution is -2.37. The average Bonchev–Trinajstić information content (AvgIpc) is 3.01. The van der Waals surface area contributed by atoms with Gasteiger partial charge in [0.05, 0.1) is 16.4 Å². The SMILES string of the molecule is CC(=O)OC1S[C@H](COC(=O)c2ccccc2)[C@@H](OC(=O)c2ccccc2)[C@H]1F. The van der Waals surface area contributed by atoms with E-state index >= 15 is 0 Å². The molecule has 4 atom stereocenters. The van der Waals surface area contributed by atoms with Gasteiger partial charge in [-0.05, 0) is 24.3 Å². The van der Waals surface area contributed by atoms with Crippen LogP contribution in [-0.2, 0) is 19.0 Å². The third kappa shape index (κ3) is 5.35. The van der Waals surface area contributed by atoms with Crippen molar-refractivity contribution >= 4 is 29.7 Å². The van der Waals surface area contributed by atoms with Gasteiger partial charge in [0.1, 0.15) is 6.61 Å². The van der Waals surface area contributed by atoms with Crippen molar-refractivity contribution in [1.82, 2.24) is 0 Å². The minimum absolute atomic E-state index is 0.205. The predicted octanol–water partition coefficient (Wildman–Crippen LogP) is 3.41. The molecule has 152 valence electrons. The van der Waals surface area contributed by atoms with Crippen molar-refractivity contribution in [1.29, 1.82) is 0 Å². The van der Waals surface area contributed by atoms with Gasteiger partial charge in [-0.2, -0.15) is 0 Å². The molecule has 0 N–H and O–H groups in total. The minimum Gasteiger partial charge on any atom is -0.461 e. The number of esters is 3. The van der Waals surface area contributed by atoms with Gasteiger partial charge >= 0.3 is 17.9 Å². The van der Waals surface area contributed by atoms with E-state index < -0.39 is 40.9 Å². The van der Waals surface area contributed by atoms with Gasteiger partial charge in [0.25, 0.3) is 0 Å². The van der Waals surface area contributed by atoms with Gasteiger partial charge < -0.3 is 14.2 Å². The molecule has 2 aromatic carbocycles. The lowest BCUT2D eigenvalue weighted by Gasteiger charge is -2.20. The highest BCUT2D eigenvalue weighted by atomic mass is 32.2. The fraction of sp³-hybridized carbons (Fsp3) is 0.286. The van der Waals surface area contributed by atoms with Crippen molar-refractivity contribution in [3.8, 4) is 0 Å². The second-order valence-electron chi connectivity index (χ2n) is 6.30. The molecule has 29 heavy (non-hydrogen) atoms. The average molecular weight is 418 g/mol. The van der Waals surface area contributed by atoms with E-state index in [4.69, 9.17) is 14.2 Å². The summed E-state index contributed by atoms with van der Waals surface area (Å²) in [6, 6.07) is 16.5. The van der Waals surface area contributed by atoms with E-state index in [0.29, 0.717) is 5.56 Å². The first-order chi connectivity index (χ1) is 14.0. The van der Waals surface area contributed by atoms with Crippen LogP contribution in [0.3, 0.4) is 0 Å². The van der Waals surface area contributed by atoms with Crippen molar-refractivity contribution in [2.75, 3.05) is 6.61 Å². The molecular weight excluding hydrogens is 399 g/mol. The maximum atomic E-state index is 14.9. The van der Waals surface area contributed by atoms with Crippen LogP contribution < -0.4 is 0 Å². The molecule has 8 heteroatoms. The zero-order valence-electron chi connectivity index (χ0n) is 15.5. The molecule has 0 amide bonds. The normalized spacial score (nSPS) is 23.2. The minimum atomic E-state index is -1.75. The van der Waals surface area contributed by atoms with Gasteiger partial charge in [-0.3, -0.25) is 4.79 Å². The summed E-state index contributed by atoms with van der Waals surface area (Å²) in [5.74, 6) is -1.94. The largest absolute Gasteiger partial charge is 0.461 e. The zero-order chi connectivity index (χ0) is 20.8. The van der Waals surface area contributed by atoms with E-state index in [2.05, 4.69) is 0 Å². The third-order valence-electron chi connectivity index (χ3n) is 4.17. The highest BCUT2D eigenvalue weighted by Crippen LogP contribution is 2.39. The van der Waals surface area contributed by atoms with Crippen LogP contribution in [0.1, 0.15) is 27.6 Å². The van der Waals surface area contributed by atoms with Crippen LogP contribution in [-0.4, -0.2) is 47.5 Å². The number of hydrogen-bond acceptors (Lipinski definition) is 7. The van der Waals surface area contributed by atoms with Gasteiger partial charge in [-0.1, -0.05) is 36.4 Å². The molecular formula is C21H19FO6S. The molecule has 0 bridgehead atoms. The molecule has 1 aliphatic rings. The second kappa shape index (κ2) is 9.56. The topological polar surface area (TPSA) is 78.9 Å². The Morgan fingerprint density at radius 3 is 2.00 bits per heavy atom. The summed E-state index contributed by atoms with van der Waals surface area (Å²) in [7, 11) is 0. The predicted molar refractivity (Wildman–Crippen MR) is 104 cm³/mol. The van der Waals surface area contributed by atoms with Crippen molar-refractivity contribution in [3.63, 3.8) is 0 Å². The number of thioether (sulfide) groups is 1. The van der Waals surface area contributed by atoms with E-state index in [1.54, 1.807) is 60.7 Å². The third-order valence-corrected chi connectivity index (χ3v) is 5.55. The van der Waals surface area contributed by atoms with Gasteiger partial charge in [0, 0.05) is 6.92 Å². The molecule has 6 nitrogen and oxygen atoms in total. The summed E-state index contributed by atoms with van der Waals surface area (Å²) in [5, 5.41) is -0.727. The monoisotopic (exact) mass is 418 g/mol. The number of carbonyl (C=O) groups is 3. The molecule has 1 aliphatic heterocycles. The van der Waals surface area contributed by atoms with Gasteiger partial charge in [-0.15, -0.1) is 11.8 Å². The number of rotatable bonds is 6. The Kier molecular flexibility index (Phi) is 6.87. The fourth-order valence-electron chi connectivity index (χ4n) is 2.80. The molecule has 0 aromatic heterocycles. The standard InChI is InChI=1S/C21H19FO6S/c1-13(23)27-21-17(22)18(28-20(25)15-10-6-3-7-11-15)16(29-21)12-26-19(24)14-8-4-2-5-9-14/h2-11,16-18,21H,12H2,1H3/t16-,17-,18-,21?/m1/s1. The lowest BCUT2D eigenvalue weighted by molar-refractivity contribution is -0.145. The maximum Gasteiger partial charge on any atom is 0.338 e. The Bertz CT molecular complexity index is 860. The van der Waals surface area contributed by atoms with E-state index in [1.165, 1.54) is 6.92 Å². The molecule has 0 radical (unpaired) electrons. The summed E-state index contributed by atoms with van der Waals surface area (Å²) in [6.45, 7) is 0.963. The van der Waals surface area contributed by atoms with Crippen molar-refractivity contribution < 1.29 is 33.0 Å². The molecule has 1 fully saturated rings. The molecule has 1 saturated heterocycles. The maximum absolute atomic E-state index is 14.9. The van der Waals surface area contributed by atoms with E-state index in [-0.39, 0.29) is 12.2 Å². The first-order valence-corrected chi connectivity index (χ1v) is 9.85. The van der Waals surface area contributed by atoms with Crippen LogP contribution in [0, 0.1) is 0 Å². The van der Waals surface area contributed by atoms with Crippen molar-refractivity contribution in [2.45, 2.75) is 29.9 Å². The van der Waals surface area contributed by atoms with Gasteiger partial charge in [0.2, 0.25) is 0 Å². The van der Waals surface area contributed by atoms with E-state index in [9.17, 15) is 18.8 Å². The van der Waals surface area contributed by atoms with Crippen molar-refractivity contribution in [3.05, 3.63) is 71.8 Å². The molecule has 1 unspecified atom stereocenters. The number of ether oxygens (including phenoxy) is 3. The van der Waals surface area contributed by atoms with E-state index in [1.807, 2.05) is 0 Å². The first kappa shape index (κ1) is 20.9. The summed E-state index contributed by atoms with van der Waals surface area (Å²) < 4.78 is 30.5. The van der Waals surface area contributed by atoms with E-state index in [0.717, 1.165) is 11.8 Å². The number of alkyl halides is 1. The molecule has 0 spiro atoms. The zero-order valence-corrected chi connectivity index (χ0v) is 16.3. The lowest BCUT2D eigenvalue weighted by atomic mass is 10.1. The molecule has 3 rings (SSSR count). The Hall–Kier alpha value is -2.87. The van der Waals surface area contributed by atoms with Crippen LogP contribution in [0.4, 0.5) is 4.39 Å². The highest BCUT2D eigenvalue weighted by molar-refractivity contribution is 8.00.